The number of rotatable bonds is 8. The van der Waals surface area contributed by atoms with Gasteiger partial charge in [-0.15, -0.1) is 0 Å². The highest BCUT2D eigenvalue weighted by atomic mass is 16.3. The fourth-order valence-corrected chi connectivity index (χ4v) is 3.51. The Labute approximate surface area is 186 Å². The molecule has 4 aromatic rings. The van der Waals surface area contributed by atoms with E-state index in [4.69, 9.17) is 9.41 Å². The van der Waals surface area contributed by atoms with Crippen LogP contribution in [0.3, 0.4) is 0 Å². The molecule has 0 saturated carbocycles. The quantitative estimate of drug-likeness (QED) is 0.248. The average molecular weight is 430 g/mol. The molecule has 164 valence electrons. The Morgan fingerprint density at radius 2 is 1.97 bits per heavy atom. The number of aliphatic imine (C=N–C) groups is 1. The van der Waals surface area contributed by atoms with E-state index >= 15 is 0 Å². The number of guanidine groups is 1. The molecule has 0 radical (unpaired) electrons. The molecule has 0 bridgehead atoms. The minimum absolute atomic E-state index is 0.275. The van der Waals surface area contributed by atoms with Crippen LogP contribution in [-0.4, -0.2) is 29.9 Å². The number of benzene rings is 2. The van der Waals surface area contributed by atoms with Gasteiger partial charge in [0.2, 0.25) is 0 Å². The molecule has 2 heterocycles. The van der Waals surface area contributed by atoms with E-state index in [0.29, 0.717) is 12.2 Å². The molecule has 1 amide bonds. The second-order valence-corrected chi connectivity index (χ2v) is 7.36. The van der Waals surface area contributed by atoms with Crippen molar-refractivity contribution in [2.45, 2.75) is 19.9 Å². The summed E-state index contributed by atoms with van der Waals surface area (Å²) in [6.07, 6.45) is 4.44. The van der Waals surface area contributed by atoms with Crippen molar-refractivity contribution in [1.82, 2.24) is 15.6 Å². The van der Waals surface area contributed by atoms with Crippen molar-refractivity contribution in [3.63, 3.8) is 0 Å². The number of anilines is 1. The van der Waals surface area contributed by atoms with Crippen LogP contribution in [0.5, 0.6) is 0 Å². The van der Waals surface area contributed by atoms with Crippen LogP contribution >= 0.6 is 0 Å². The van der Waals surface area contributed by atoms with Crippen LogP contribution in [0, 0.1) is 0 Å². The first-order valence-electron chi connectivity index (χ1n) is 10.7. The maximum absolute atomic E-state index is 12.2. The minimum atomic E-state index is -0.275. The topological polar surface area (TPSA) is 94.4 Å². The number of hydrogen-bond donors (Lipinski definition) is 4. The van der Waals surface area contributed by atoms with E-state index in [0.717, 1.165) is 36.6 Å². The monoisotopic (exact) mass is 429 g/mol. The highest BCUT2D eigenvalue weighted by Crippen LogP contribution is 2.17. The Morgan fingerprint density at radius 1 is 1.06 bits per heavy atom. The number of furan rings is 1. The van der Waals surface area contributed by atoms with E-state index in [1.807, 2.05) is 37.3 Å². The van der Waals surface area contributed by atoms with Crippen molar-refractivity contribution in [3.8, 4) is 0 Å². The molecule has 4 rings (SSSR count). The lowest BCUT2D eigenvalue weighted by molar-refractivity contribution is 0.0996. The van der Waals surface area contributed by atoms with Gasteiger partial charge in [-0.2, -0.15) is 0 Å². The van der Waals surface area contributed by atoms with Crippen LogP contribution < -0.4 is 16.0 Å². The number of amides is 1. The molecule has 0 atom stereocenters. The standard InChI is InChI=1S/C25H27N5O2/c1-2-26-25(27-13-12-19-17-28-22-10-4-3-9-21(19)22)29-16-18-7-5-8-20(15-18)30-24(31)23-11-6-14-32-23/h3-11,14-15,17,28H,2,12-13,16H2,1H3,(H,30,31)(H2,26,27,29). The Bertz CT molecular complexity index is 1190. The minimum Gasteiger partial charge on any atom is -0.459 e. The van der Waals surface area contributed by atoms with Gasteiger partial charge in [-0.25, -0.2) is 4.99 Å². The number of aromatic amines is 1. The number of fused-ring (bicyclic) bond motifs is 1. The third-order valence-electron chi connectivity index (χ3n) is 5.06. The molecule has 0 spiro atoms. The van der Waals surface area contributed by atoms with Gasteiger partial charge in [0.15, 0.2) is 11.7 Å². The molecule has 4 N–H and O–H groups in total. The summed E-state index contributed by atoms with van der Waals surface area (Å²) in [4.78, 5) is 20.2. The molecule has 7 heteroatoms. The molecule has 32 heavy (non-hydrogen) atoms. The van der Waals surface area contributed by atoms with Gasteiger partial charge < -0.3 is 25.4 Å². The largest absolute Gasteiger partial charge is 0.459 e. The van der Waals surface area contributed by atoms with Crippen molar-refractivity contribution in [2.24, 2.45) is 4.99 Å². The maximum Gasteiger partial charge on any atom is 0.291 e. The van der Waals surface area contributed by atoms with Crippen molar-refractivity contribution < 1.29 is 9.21 Å². The van der Waals surface area contributed by atoms with E-state index in [9.17, 15) is 4.79 Å². The van der Waals surface area contributed by atoms with E-state index in [1.165, 1.54) is 17.2 Å². The van der Waals surface area contributed by atoms with E-state index in [2.05, 4.69) is 45.3 Å². The van der Waals surface area contributed by atoms with Crippen LogP contribution in [-0.2, 0) is 13.0 Å². The van der Waals surface area contributed by atoms with Crippen molar-refractivity contribution in [2.75, 3.05) is 18.4 Å². The summed E-state index contributed by atoms with van der Waals surface area (Å²) < 4.78 is 5.14. The molecule has 2 aromatic carbocycles. The number of nitrogens with one attached hydrogen (secondary N) is 4. The van der Waals surface area contributed by atoms with E-state index < -0.39 is 0 Å². The highest BCUT2D eigenvalue weighted by molar-refractivity contribution is 6.02. The molecule has 0 saturated heterocycles. The smallest absolute Gasteiger partial charge is 0.291 e. The first-order chi connectivity index (χ1) is 15.7. The Kier molecular flexibility index (Phi) is 6.87. The number of carbonyl (C=O) groups is 1. The molecule has 2 aromatic heterocycles. The van der Waals surface area contributed by atoms with Gasteiger partial charge in [0, 0.05) is 35.9 Å². The molecule has 0 unspecified atom stereocenters. The Morgan fingerprint density at radius 3 is 2.81 bits per heavy atom. The number of hydrogen-bond acceptors (Lipinski definition) is 3. The van der Waals surface area contributed by atoms with Crippen molar-refractivity contribution in [1.29, 1.82) is 0 Å². The second kappa shape index (κ2) is 10.3. The molecule has 0 aliphatic carbocycles. The summed E-state index contributed by atoms with van der Waals surface area (Å²) in [5, 5.41) is 10.8. The molecular formula is C25H27N5O2. The maximum atomic E-state index is 12.2. The van der Waals surface area contributed by atoms with Crippen LogP contribution in [0.1, 0.15) is 28.6 Å². The summed E-state index contributed by atoms with van der Waals surface area (Å²) in [6.45, 7) is 4.08. The first-order valence-corrected chi connectivity index (χ1v) is 10.7. The lowest BCUT2D eigenvalue weighted by Crippen LogP contribution is -2.38. The molecule has 7 nitrogen and oxygen atoms in total. The SMILES string of the molecule is CCNC(=NCc1cccc(NC(=O)c2ccco2)c1)NCCc1c[nH]c2ccccc12. The van der Waals surface area contributed by atoms with Gasteiger partial charge in [-0.05, 0) is 54.8 Å². The second-order valence-electron chi connectivity index (χ2n) is 7.36. The average Bonchev–Trinajstić information content (AvgIpc) is 3.48. The first kappa shape index (κ1) is 21.2. The Balaban J connectivity index is 1.35. The van der Waals surface area contributed by atoms with E-state index in [-0.39, 0.29) is 11.7 Å². The van der Waals surface area contributed by atoms with Gasteiger partial charge in [0.05, 0.1) is 12.8 Å². The van der Waals surface area contributed by atoms with Crippen molar-refractivity contribution >= 4 is 28.5 Å². The Hall–Kier alpha value is -4.00. The zero-order chi connectivity index (χ0) is 22.2. The molecular weight excluding hydrogens is 402 g/mol. The molecule has 0 aliphatic rings. The predicted molar refractivity (Wildman–Crippen MR) is 128 cm³/mol. The van der Waals surface area contributed by atoms with Crippen LogP contribution in [0.15, 0.2) is 82.5 Å². The van der Waals surface area contributed by atoms with Crippen molar-refractivity contribution in [3.05, 3.63) is 90.0 Å². The van der Waals surface area contributed by atoms with E-state index in [1.54, 1.807) is 12.1 Å². The summed E-state index contributed by atoms with van der Waals surface area (Å²) in [7, 11) is 0. The van der Waals surface area contributed by atoms with Crippen LogP contribution in [0.2, 0.25) is 0 Å². The summed E-state index contributed by atoms with van der Waals surface area (Å²) >= 11 is 0. The molecule has 0 fully saturated rings. The number of carbonyl (C=O) groups excluding carboxylic acids is 1. The summed E-state index contributed by atoms with van der Waals surface area (Å²) in [5.74, 6) is 0.766. The number of para-hydroxylation sites is 1. The highest BCUT2D eigenvalue weighted by Gasteiger charge is 2.09. The fraction of sp³-hybridized carbons (Fsp3) is 0.200. The normalized spacial score (nSPS) is 11.5. The summed E-state index contributed by atoms with van der Waals surface area (Å²) in [5.41, 5.74) is 4.14. The van der Waals surface area contributed by atoms with Gasteiger partial charge >= 0.3 is 0 Å². The lowest BCUT2D eigenvalue weighted by atomic mass is 10.1. The third-order valence-corrected chi connectivity index (χ3v) is 5.06. The van der Waals surface area contributed by atoms with Gasteiger partial charge in [-0.3, -0.25) is 4.79 Å². The number of nitrogens with zero attached hydrogens (tertiary/aromatic N) is 1. The van der Waals surface area contributed by atoms with Gasteiger partial charge in [0.1, 0.15) is 0 Å². The zero-order valence-electron chi connectivity index (χ0n) is 18.0. The van der Waals surface area contributed by atoms with Crippen LogP contribution in [0.25, 0.3) is 10.9 Å². The number of aromatic nitrogens is 1. The fourth-order valence-electron chi connectivity index (χ4n) is 3.51. The predicted octanol–water partition coefficient (Wildman–Crippen LogP) is 4.31. The number of H-pyrrole nitrogens is 1. The lowest BCUT2D eigenvalue weighted by Gasteiger charge is -2.11. The van der Waals surface area contributed by atoms with Crippen LogP contribution in [0.4, 0.5) is 5.69 Å². The third kappa shape index (κ3) is 5.37. The van der Waals surface area contributed by atoms with Gasteiger partial charge in [-0.1, -0.05) is 30.3 Å². The zero-order valence-corrected chi connectivity index (χ0v) is 18.0. The summed E-state index contributed by atoms with van der Waals surface area (Å²) in [6, 6.07) is 19.3. The molecule has 0 aliphatic heterocycles. The van der Waals surface area contributed by atoms with Gasteiger partial charge in [0.25, 0.3) is 5.91 Å².